The summed E-state index contributed by atoms with van der Waals surface area (Å²) in [7, 11) is 0. The molecular formula is C22H21BrF3NO2. The van der Waals surface area contributed by atoms with Crippen LogP contribution in [0.4, 0.5) is 18.9 Å². The molecule has 2 aromatic rings. The topological polar surface area (TPSA) is 37.4 Å². The van der Waals surface area contributed by atoms with Crippen LogP contribution in [0.15, 0.2) is 42.0 Å². The molecule has 0 fully saturated rings. The third-order valence-corrected chi connectivity index (χ3v) is 5.66. The lowest BCUT2D eigenvalue weighted by Gasteiger charge is -2.23. The molecule has 0 spiro atoms. The smallest absolute Gasteiger partial charge is 0.310 e. The number of alkyl halides is 3. The summed E-state index contributed by atoms with van der Waals surface area (Å²) in [6.45, 7) is 5.74. The summed E-state index contributed by atoms with van der Waals surface area (Å²) in [6.07, 6.45) is -3.01. The Morgan fingerprint density at radius 2 is 1.76 bits per heavy atom. The van der Waals surface area contributed by atoms with E-state index in [9.17, 15) is 22.8 Å². The largest absolute Gasteiger partial charge is 0.416 e. The molecule has 2 aromatic carbocycles. The zero-order valence-electron chi connectivity index (χ0n) is 16.3. The summed E-state index contributed by atoms with van der Waals surface area (Å²) in [4.78, 5) is 24.4. The molecule has 0 aromatic heterocycles. The average Bonchev–Trinajstić information content (AvgIpc) is 2.68. The standard InChI is InChI=1S/C22H21BrF3NO2/c1-4-17(12-28)21(23)19-8-7-18(22(24,25)26)10-20(19)27(13-29)11-16-6-5-14(2)15(3)9-16/h5-10,12-13H,4,11H2,1-3H3/b21-17-. The number of hydrogen-bond acceptors (Lipinski definition) is 2. The Kier molecular flexibility index (Phi) is 7.41. The second kappa shape index (κ2) is 9.39. The van der Waals surface area contributed by atoms with E-state index in [2.05, 4.69) is 15.9 Å². The summed E-state index contributed by atoms with van der Waals surface area (Å²) in [6, 6.07) is 8.78. The van der Waals surface area contributed by atoms with Gasteiger partial charge in [-0.05, 0) is 65.0 Å². The van der Waals surface area contributed by atoms with Gasteiger partial charge in [0.1, 0.15) is 6.29 Å². The third-order valence-electron chi connectivity index (χ3n) is 4.73. The maximum absolute atomic E-state index is 13.3. The van der Waals surface area contributed by atoms with Crippen LogP contribution < -0.4 is 4.90 Å². The Morgan fingerprint density at radius 3 is 2.28 bits per heavy atom. The molecule has 0 unspecified atom stereocenters. The van der Waals surface area contributed by atoms with Crippen molar-refractivity contribution in [3.05, 3.63) is 69.8 Å². The van der Waals surface area contributed by atoms with Crippen molar-refractivity contribution in [1.29, 1.82) is 0 Å². The van der Waals surface area contributed by atoms with E-state index < -0.39 is 11.7 Å². The van der Waals surface area contributed by atoms with Gasteiger partial charge in [-0.1, -0.05) is 31.2 Å². The fourth-order valence-electron chi connectivity index (χ4n) is 2.87. The molecule has 0 atom stereocenters. The number of halogens is 4. The monoisotopic (exact) mass is 467 g/mol. The second-order valence-electron chi connectivity index (χ2n) is 6.69. The summed E-state index contributed by atoms with van der Waals surface area (Å²) >= 11 is 3.33. The van der Waals surface area contributed by atoms with Crippen LogP contribution in [0.3, 0.4) is 0 Å². The molecule has 0 saturated heterocycles. The number of carbonyl (C=O) groups is 2. The number of amides is 1. The number of anilines is 1. The van der Waals surface area contributed by atoms with Crippen LogP contribution >= 0.6 is 15.9 Å². The zero-order valence-corrected chi connectivity index (χ0v) is 17.9. The lowest BCUT2D eigenvalue weighted by Crippen LogP contribution is -2.22. The first-order chi connectivity index (χ1) is 13.6. The van der Waals surface area contributed by atoms with Crippen LogP contribution in [-0.2, 0) is 22.3 Å². The van der Waals surface area contributed by atoms with Crippen LogP contribution in [0, 0.1) is 13.8 Å². The Labute approximate surface area is 176 Å². The molecule has 7 heteroatoms. The maximum atomic E-state index is 13.3. The van der Waals surface area contributed by atoms with Crippen molar-refractivity contribution in [3.63, 3.8) is 0 Å². The van der Waals surface area contributed by atoms with Crippen molar-refractivity contribution >= 4 is 38.8 Å². The van der Waals surface area contributed by atoms with Gasteiger partial charge >= 0.3 is 6.18 Å². The lowest BCUT2D eigenvalue weighted by atomic mass is 10.0. The van der Waals surface area contributed by atoms with Gasteiger partial charge in [0, 0.05) is 15.6 Å². The minimum atomic E-state index is -4.56. The Morgan fingerprint density at radius 1 is 1.07 bits per heavy atom. The number of nitrogens with zero attached hydrogens (tertiary/aromatic N) is 1. The number of carbonyl (C=O) groups excluding carboxylic acids is 2. The zero-order chi connectivity index (χ0) is 21.8. The predicted octanol–water partition coefficient (Wildman–Crippen LogP) is 6.20. The minimum absolute atomic E-state index is 0.0766. The van der Waals surface area contributed by atoms with Crippen LogP contribution in [0.5, 0.6) is 0 Å². The normalized spacial score (nSPS) is 12.4. The van der Waals surface area contributed by atoms with E-state index in [4.69, 9.17) is 0 Å². The number of benzene rings is 2. The third kappa shape index (κ3) is 5.35. The molecule has 0 heterocycles. The summed E-state index contributed by atoms with van der Waals surface area (Å²) in [5, 5.41) is 0. The number of aldehydes is 1. The van der Waals surface area contributed by atoms with Gasteiger partial charge in [-0.25, -0.2) is 0 Å². The molecule has 3 nitrogen and oxygen atoms in total. The fourth-order valence-corrected chi connectivity index (χ4v) is 3.58. The minimum Gasteiger partial charge on any atom is -0.310 e. The van der Waals surface area contributed by atoms with Gasteiger partial charge in [0.2, 0.25) is 6.41 Å². The average molecular weight is 468 g/mol. The Balaban J connectivity index is 2.63. The molecule has 0 bridgehead atoms. The van der Waals surface area contributed by atoms with E-state index in [-0.39, 0.29) is 12.2 Å². The van der Waals surface area contributed by atoms with Gasteiger partial charge in [0.05, 0.1) is 17.8 Å². The van der Waals surface area contributed by atoms with E-state index in [1.165, 1.54) is 11.0 Å². The van der Waals surface area contributed by atoms with Crippen molar-refractivity contribution in [2.75, 3.05) is 4.90 Å². The molecule has 1 amide bonds. The highest BCUT2D eigenvalue weighted by atomic mass is 79.9. The van der Waals surface area contributed by atoms with E-state index in [0.29, 0.717) is 34.7 Å². The van der Waals surface area contributed by atoms with Gasteiger partial charge in [0.25, 0.3) is 0 Å². The molecule has 0 radical (unpaired) electrons. The maximum Gasteiger partial charge on any atom is 0.416 e. The molecular weight excluding hydrogens is 447 g/mol. The number of aryl methyl sites for hydroxylation is 2. The quantitative estimate of drug-likeness (QED) is 0.359. The first kappa shape index (κ1) is 22.9. The fraction of sp³-hybridized carbons (Fsp3) is 0.273. The van der Waals surface area contributed by atoms with Crippen LogP contribution in [0.2, 0.25) is 0 Å². The molecule has 154 valence electrons. The first-order valence-corrected chi connectivity index (χ1v) is 9.75. The van der Waals surface area contributed by atoms with Gasteiger partial charge < -0.3 is 4.90 Å². The molecule has 29 heavy (non-hydrogen) atoms. The van der Waals surface area contributed by atoms with E-state index in [1.54, 1.807) is 6.92 Å². The lowest BCUT2D eigenvalue weighted by molar-refractivity contribution is -0.137. The van der Waals surface area contributed by atoms with Crippen LogP contribution in [0.25, 0.3) is 4.48 Å². The molecule has 0 N–H and O–H groups in total. The molecule has 2 rings (SSSR count). The van der Waals surface area contributed by atoms with Crippen LogP contribution in [0.1, 0.15) is 41.2 Å². The van der Waals surface area contributed by atoms with Gasteiger partial charge in [-0.2, -0.15) is 13.2 Å². The molecule has 0 saturated carbocycles. The highest BCUT2D eigenvalue weighted by molar-refractivity contribution is 9.15. The first-order valence-electron chi connectivity index (χ1n) is 8.95. The van der Waals surface area contributed by atoms with Crippen LogP contribution in [-0.4, -0.2) is 12.7 Å². The molecule has 0 aliphatic heterocycles. The van der Waals surface area contributed by atoms with Crippen molar-refractivity contribution < 1.29 is 22.8 Å². The van der Waals surface area contributed by atoms with Crippen molar-refractivity contribution in [2.45, 2.75) is 39.9 Å². The summed E-state index contributed by atoms with van der Waals surface area (Å²) in [5.41, 5.74) is 2.83. The van der Waals surface area contributed by atoms with E-state index in [0.717, 1.165) is 28.8 Å². The molecule has 0 aliphatic rings. The highest BCUT2D eigenvalue weighted by Crippen LogP contribution is 2.39. The van der Waals surface area contributed by atoms with Gasteiger partial charge in [-0.3, -0.25) is 9.59 Å². The number of hydrogen-bond donors (Lipinski definition) is 0. The second-order valence-corrected chi connectivity index (χ2v) is 7.49. The predicted molar refractivity (Wildman–Crippen MR) is 112 cm³/mol. The Hall–Kier alpha value is -2.41. The summed E-state index contributed by atoms with van der Waals surface area (Å²) < 4.78 is 40.3. The number of rotatable bonds is 7. The highest BCUT2D eigenvalue weighted by Gasteiger charge is 2.32. The van der Waals surface area contributed by atoms with E-state index >= 15 is 0 Å². The molecule has 0 aliphatic carbocycles. The SMILES string of the molecule is CC/C(C=O)=C(/Br)c1ccc(C(F)(F)F)cc1N(C=O)Cc1ccc(C)c(C)c1. The van der Waals surface area contributed by atoms with Crippen molar-refractivity contribution in [2.24, 2.45) is 0 Å². The Bertz CT molecular complexity index is 952. The van der Waals surface area contributed by atoms with Gasteiger partial charge in [-0.15, -0.1) is 0 Å². The van der Waals surface area contributed by atoms with Crippen molar-refractivity contribution in [3.8, 4) is 0 Å². The van der Waals surface area contributed by atoms with E-state index in [1.807, 2.05) is 32.0 Å². The van der Waals surface area contributed by atoms with Crippen molar-refractivity contribution in [1.82, 2.24) is 0 Å². The van der Waals surface area contributed by atoms with Gasteiger partial charge in [0.15, 0.2) is 0 Å². The summed E-state index contributed by atoms with van der Waals surface area (Å²) in [5.74, 6) is 0. The number of allylic oxidation sites excluding steroid dienone is 1.